The van der Waals surface area contributed by atoms with Gasteiger partial charge < -0.3 is 15.4 Å². The van der Waals surface area contributed by atoms with Crippen molar-refractivity contribution in [1.82, 2.24) is 19.9 Å². The molecule has 2 heterocycles. The van der Waals surface area contributed by atoms with Gasteiger partial charge in [0.2, 0.25) is 11.9 Å². The standard InChI is InChI=1S/C12H13BrN6O2/c1-19(2)12-17-9(16-11(14)18-12)6-21-10(20)7-3-8(13)5-15-4-7/h3-5H,6H2,1-2H3,(H2,14,16,17,18). The molecule has 2 N–H and O–H groups in total. The Morgan fingerprint density at radius 2 is 2.10 bits per heavy atom. The summed E-state index contributed by atoms with van der Waals surface area (Å²) in [5.74, 6) is 0.234. The second-order valence-electron chi connectivity index (χ2n) is 4.27. The van der Waals surface area contributed by atoms with Crippen LogP contribution in [-0.2, 0) is 11.3 Å². The summed E-state index contributed by atoms with van der Waals surface area (Å²) in [6.07, 6.45) is 2.99. The van der Waals surface area contributed by atoms with Crippen LogP contribution in [0.5, 0.6) is 0 Å². The van der Waals surface area contributed by atoms with Crippen LogP contribution in [-0.4, -0.2) is 40.0 Å². The number of ether oxygens (including phenoxy) is 1. The predicted molar refractivity (Wildman–Crippen MR) is 79.6 cm³/mol. The van der Waals surface area contributed by atoms with Gasteiger partial charge in [-0.15, -0.1) is 0 Å². The quantitative estimate of drug-likeness (QED) is 0.813. The van der Waals surface area contributed by atoms with E-state index in [1.165, 1.54) is 6.20 Å². The van der Waals surface area contributed by atoms with Crippen LogP contribution in [0.25, 0.3) is 0 Å². The molecule has 21 heavy (non-hydrogen) atoms. The van der Waals surface area contributed by atoms with Gasteiger partial charge in [-0.1, -0.05) is 0 Å². The molecule has 0 fully saturated rings. The fraction of sp³-hybridized carbons (Fsp3) is 0.250. The average molecular weight is 353 g/mol. The van der Waals surface area contributed by atoms with Crippen LogP contribution in [0.1, 0.15) is 16.2 Å². The van der Waals surface area contributed by atoms with Crippen LogP contribution in [0.15, 0.2) is 22.9 Å². The Kier molecular flexibility index (Phi) is 4.63. The number of hydrogen-bond acceptors (Lipinski definition) is 8. The van der Waals surface area contributed by atoms with E-state index in [1.54, 1.807) is 31.3 Å². The largest absolute Gasteiger partial charge is 0.454 e. The minimum absolute atomic E-state index is 0.0730. The number of nitrogen functional groups attached to an aromatic ring is 1. The number of nitrogens with two attached hydrogens (primary N) is 1. The minimum atomic E-state index is -0.519. The number of carbonyl (C=O) groups excluding carboxylic acids is 1. The van der Waals surface area contributed by atoms with Crippen molar-refractivity contribution >= 4 is 33.8 Å². The topological polar surface area (TPSA) is 107 Å². The molecule has 9 heteroatoms. The van der Waals surface area contributed by atoms with Crippen LogP contribution in [0.2, 0.25) is 0 Å². The molecule has 0 bridgehead atoms. The maximum atomic E-state index is 11.9. The fourth-order valence-corrected chi connectivity index (χ4v) is 1.79. The SMILES string of the molecule is CN(C)c1nc(N)nc(COC(=O)c2cncc(Br)c2)n1. The summed E-state index contributed by atoms with van der Waals surface area (Å²) in [4.78, 5) is 29.5. The highest BCUT2D eigenvalue weighted by Crippen LogP contribution is 2.12. The number of pyridine rings is 1. The number of halogens is 1. The molecule has 0 saturated carbocycles. The Hall–Kier alpha value is -2.29. The Labute approximate surface area is 129 Å². The number of anilines is 2. The first-order valence-electron chi connectivity index (χ1n) is 5.91. The lowest BCUT2D eigenvalue weighted by atomic mass is 10.3. The molecule has 0 aliphatic heterocycles. The highest BCUT2D eigenvalue weighted by Gasteiger charge is 2.11. The fourth-order valence-electron chi connectivity index (χ4n) is 1.43. The molecule has 8 nitrogen and oxygen atoms in total. The third-order valence-corrected chi connectivity index (χ3v) is 2.79. The number of carbonyl (C=O) groups is 1. The second-order valence-corrected chi connectivity index (χ2v) is 5.19. The number of esters is 1. The maximum absolute atomic E-state index is 11.9. The highest BCUT2D eigenvalue weighted by atomic mass is 79.9. The van der Waals surface area contributed by atoms with Gasteiger partial charge in [0.05, 0.1) is 5.56 Å². The van der Waals surface area contributed by atoms with E-state index in [9.17, 15) is 4.79 Å². The molecular formula is C12H13BrN6O2. The molecule has 0 atom stereocenters. The molecule has 0 aromatic carbocycles. The Balaban J connectivity index is 2.08. The molecule has 0 aliphatic rings. The van der Waals surface area contributed by atoms with Crippen LogP contribution in [0.3, 0.4) is 0 Å². The first kappa shape index (κ1) is 15.1. The van der Waals surface area contributed by atoms with E-state index in [1.807, 2.05) is 0 Å². The molecule has 2 rings (SSSR count). The van der Waals surface area contributed by atoms with Gasteiger partial charge in [0.15, 0.2) is 12.4 Å². The Morgan fingerprint density at radius 3 is 2.76 bits per heavy atom. The summed E-state index contributed by atoms with van der Waals surface area (Å²) in [6.45, 7) is -0.0983. The molecule has 0 aliphatic carbocycles. The van der Waals surface area contributed by atoms with E-state index in [-0.39, 0.29) is 18.4 Å². The van der Waals surface area contributed by atoms with Crippen molar-refractivity contribution in [3.63, 3.8) is 0 Å². The third-order valence-electron chi connectivity index (χ3n) is 2.36. The normalized spacial score (nSPS) is 10.2. The van der Waals surface area contributed by atoms with Crippen molar-refractivity contribution in [2.24, 2.45) is 0 Å². The van der Waals surface area contributed by atoms with Crippen molar-refractivity contribution in [3.05, 3.63) is 34.3 Å². The van der Waals surface area contributed by atoms with Gasteiger partial charge >= 0.3 is 5.97 Å². The van der Waals surface area contributed by atoms with Crippen molar-refractivity contribution in [3.8, 4) is 0 Å². The van der Waals surface area contributed by atoms with Crippen molar-refractivity contribution < 1.29 is 9.53 Å². The highest BCUT2D eigenvalue weighted by molar-refractivity contribution is 9.10. The first-order valence-corrected chi connectivity index (χ1v) is 6.70. The molecule has 0 amide bonds. The zero-order valence-electron chi connectivity index (χ0n) is 11.4. The predicted octanol–water partition coefficient (Wildman–Crippen LogP) is 1.03. The lowest BCUT2D eigenvalue weighted by molar-refractivity contribution is 0.0461. The average Bonchev–Trinajstić information content (AvgIpc) is 2.44. The Morgan fingerprint density at radius 1 is 1.33 bits per heavy atom. The smallest absolute Gasteiger partial charge is 0.340 e. The van der Waals surface area contributed by atoms with E-state index in [0.717, 1.165) is 0 Å². The van der Waals surface area contributed by atoms with E-state index in [4.69, 9.17) is 10.5 Å². The number of hydrogen-bond donors (Lipinski definition) is 1. The summed E-state index contributed by atoms with van der Waals surface area (Å²) in [6, 6.07) is 1.61. The van der Waals surface area contributed by atoms with Crippen molar-refractivity contribution in [1.29, 1.82) is 0 Å². The summed E-state index contributed by atoms with van der Waals surface area (Å²) in [5.41, 5.74) is 5.92. The summed E-state index contributed by atoms with van der Waals surface area (Å²) < 4.78 is 5.82. The minimum Gasteiger partial charge on any atom is -0.454 e. The van der Waals surface area contributed by atoms with E-state index >= 15 is 0 Å². The molecule has 0 unspecified atom stereocenters. The van der Waals surface area contributed by atoms with E-state index in [0.29, 0.717) is 16.0 Å². The third kappa shape index (κ3) is 4.09. The molecule has 0 saturated heterocycles. The summed E-state index contributed by atoms with van der Waals surface area (Å²) in [5, 5.41) is 0. The van der Waals surface area contributed by atoms with Crippen LogP contribution in [0, 0.1) is 0 Å². The maximum Gasteiger partial charge on any atom is 0.340 e. The monoisotopic (exact) mass is 352 g/mol. The second kappa shape index (κ2) is 6.44. The lowest BCUT2D eigenvalue weighted by Gasteiger charge is -2.11. The first-order chi connectivity index (χ1) is 9.95. The van der Waals surface area contributed by atoms with Gasteiger partial charge in [0, 0.05) is 31.0 Å². The van der Waals surface area contributed by atoms with Crippen LogP contribution in [0.4, 0.5) is 11.9 Å². The number of aromatic nitrogens is 4. The summed E-state index contributed by atoms with van der Waals surface area (Å²) >= 11 is 3.24. The zero-order chi connectivity index (χ0) is 15.4. The lowest BCUT2D eigenvalue weighted by Crippen LogP contribution is -2.17. The molecule has 0 spiro atoms. The van der Waals surface area contributed by atoms with Crippen molar-refractivity contribution in [2.75, 3.05) is 24.7 Å². The molecular weight excluding hydrogens is 340 g/mol. The van der Waals surface area contributed by atoms with Gasteiger partial charge in [-0.3, -0.25) is 4.98 Å². The zero-order valence-corrected chi connectivity index (χ0v) is 13.0. The molecule has 0 radical (unpaired) electrons. The van der Waals surface area contributed by atoms with Crippen LogP contribution >= 0.6 is 15.9 Å². The number of nitrogens with zero attached hydrogens (tertiary/aromatic N) is 5. The molecule has 2 aromatic rings. The molecule has 110 valence electrons. The summed E-state index contributed by atoms with van der Waals surface area (Å²) in [7, 11) is 3.55. The van der Waals surface area contributed by atoms with E-state index in [2.05, 4.69) is 35.9 Å². The Bertz CT molecular complexity index is 664. The number of rotatable bonds is 4. The van der Waals surface area contributed by atoms with Gasteiger partial charge in [-0.2, -0.15) is 15.0 Å². The molecule has 2 aromatic heterocycles. The van der Waals surface area contributed by atoms with Crippen molar-refractivity contribution in [2.45, 2.75) is 6.61 Å². The van der Waals surface area contributed by atoms with Gasteiger partial charge in [0.25, 0.3) is 0 Å². The van der Waals surface area contributed by atoms with Gasteiger partial charge in [-0.25, -0.2) is 4.79 Å². The van der Waals surface area contributed by atoms with Crippen LogP contribution < -0.4 is 10.6 Å². The van der Waals surface area contributed by atoms with Gasteiger partial charge in [-0.05, 0) is 22.0 Å². The van der Waals surface area contributed by atoms with E-state index < -0.39 is 5.97 Å². The van der Waals surface area contributed by atoms with Gasteiger partial charge in [0.1, 0.15) is 0 Å².